The molecule has 0 saturated heterocycles. The molecule has 0 aliphatic carbocycles. The van der Waals surface area contributed by atoms with Gasteiger partial charge in [0.05, 0.1) is 18.6 Å². The average molecular weight is 222 g/mol. The predicted octanol–water partition coefficient (Wildman–Crippen LogP) is 2.38. The molecule has 4 heteroatoms. The molecular weight excluding hydrogens is 207 g/mol. The van der Waals surface area contributed by atoms with E-state index in [9.17, 15) is 4.39 Å². The summed E-state index contributed by atoms with van der Waals surface area (Å²) in [5.74, 6) is -0.296. The van der Waals surface area contributed by atoms with Crippen molar-refractivity contribution < 1.29 is 9.13 Å². The zero-order chi connectivity index (χ0) is 12.3. The fourth-order valence-electron chi connectivity index (χ4n) is 1.36. The first kappa shape index (κ1) is 12.5. The van der Waals surface area contributed by atoms with Crippen molar-refractivity contribution in [2.24, 2.45) is 11.1 Å². The Hall–Kier alpha value is -1.60. The summed E-state index contributed by atoms with van der Waals surface area (Å²) in [6.45, 7) is 3.44. The lowest BCUT2D eigenvalue weighted by Gasteiger charge is -2.24. The summed E-state index contributed by atoms with van der Waals surface area (Å²) in [5, 5.41) is 8.95. The topological polar surface area (TPSA) is 59.0 Å². The third-order valence-corrected chi connectivity index (χ3v) is 2.60. The molecule has 0 aromatic heterocycles. The van der Waals surface area contributed by atoms with E-state index in [4.69, 9.17) is 15.7 Å². The van der Waals surface area contributed by atoms with Gasteiger partial charge in [-0.2, -0.15) is 5.26 Å². The molecule has 0 spiro atoms. The molecule has 0 amide bonds. The number of nitriles is 1. The highest BCUT2D eigenvalue weighted by Gasteiger charge is 2.28. The van der Waals surface area contributed by atoms with E-state index in [-0.39, 0.29) is 5.75 Å². The molecule has 0 bridgehead atoms. The molecule has 1 rings (SSSR count). The Morgan fingerprint density at radius 3 is 2.56 bits per heavy atom. The third kappa shape index (κ3) is 2.31. The molecule has 0 aliphatic heterocycles. The van der Waals surface area contributed by atoms with Gasteiger partial charge in [-0.25, -0.2) is 4.39 Å². The van der Waals surface area contributed by atoms with Crippen molar-refractivity contribution in [2.45, 2.75) is 19.9 Å². The smallest absolute Gasteiger partial charge is 0.165 e. The maximum Gasteiger partial charge on any atom is 0.165 e. The summed E-state index contributed by atoms with van der Waals surface area (Å²) in [6, 6.07) is 6.07. The summed E-state index contributed by atoms with van der Waals surface area (Å²) in [5.41, 5.74) is 5.77. The van der Waals surface area contributed by atoms with Crippen LogP contribution in [0.1, 0.15) is 25.5 Å². The number of halogens is 1. The maximum atomic E-state index is 13.4. The van der Waals surface area contributed by atoms with Crippen molar-refractivity contribution in [1.29, 1.82) is 5.26 Å². The SMILES string of the molecule is COc1ccc(C(N)C(C)(C)C#N)cc1F. The van der Waals surface area contributed by atoms with E-state index in [1.54, 1.807) is 19.9 Å². The van der Waals surface area contributed by atoms with E-state index < -0.39 is 17.3 Å². The van der Waals surface area contributed by atoms with Crippen molar-refractivity contribution in [3.05, 3.63) is 29.6 Å². The summed E-state index contributed by atoms with van der Waals surface area (Å²) in [4.78, 5) is 0. The van der Waals surface area contributed by atoms with Gasteiger partial charge in [0.1, 0.15) is 0 Å². The Kier molecular flexibility index (Phi) is 3.51. The minimum absolute atomic E-state index is 0.172. The molecule has 16 heavy (non-hydrogen) atoms. The normalized spacial score (nSPS) is 13.0. The van der Waals surface area contributed by atoms with Crippen LogP contribution < -0.4 is 10.5 Å². The molecule has 3 nitrogen and oxygen atoms in total. The first-order chi connectivity index (χ1) is 7.42. The quantitative estimate of drug-likeness (QED) is 0.854. The number of hydrogen-bond donors (Lipinski definition) is 1. The van der Waals surface area contributed by atoms with Gasteiger partial charge in [-0.05, 0) is 31.5 Å². The Balaban J connectivity index is 3.08. The molecule has 0 aliphatic rings. The van der Waals surface area contributed by atoms with Crippen LogP contribution in [0.15, 0.2) is 18.2 Å². The molecule has 0 fully saturated rings. The molecule has 1 aromatic rings. The van der Waals surface area contributed by atoms with Crippen molar-refractivity contribution in [3.8, 4) is 11.8 Å². The van der Waals surface area contributed by atoms with Crippen LogP contribution >= 0.6 is 0 Å². The van der Waals surface area contributed by atoms with Crippen molar-refractivity contribution in [3.63, 3.8) is 0 Å². The van der Waals surface area contributed by atoms with Gasteiger partial charge in [0.2, 0.25) is 0 Å². The van der Waals surface area contributed by atoms with Gasteiger partial charge in [0.15, 0.2) is 11.6 Å². The monoisotopic (exact) mass is 222 g/mol. The lowest BCUT2D eigenvalue weighted by molar-refractivity contribution is 0.377. The van der Waals surface area contributed by atoms with Gasteiger partial charge in [0, 0.05) is 6.04 Å². The highest BCUT2D eigenvalue weighted by Crippen LogP contribution is 2.32. The fourth-order valence-corrected chi connectivity index (χ4v) is 1.36. The molecule has 86 valence electrons. The first-order valence-corrected chi connectivity index (χ1v) is 4.92. The summed E-state index contributed by atoms with van der Waals surface area (Å²) >= 11 is 0. The van der Waals surface area contributed by atoms with Crippen molar-refractivity contribution in [2.75, 3.05) is 7.11 Å². The van der Waals surface area contributed by atoms with E-state index in [2.05, 4.69) is 6.07 Å². The standard InChI is InChI=1S/C12H15FN2O/c1-12(2,7-14)11(15)8-4-5-10(16-3)9(13)6-8/h4-6,11H,15H2,1-3H3. The zero-order valence-corrected chi connectivity index (χ0v) is 9.62. The van der Waals surface area contributed by atoms with E-state index in [0.717, 1.165) is 0 Å². The summed E-state index contributed by atoms with van der Waals surface area (Å²) < 4.78 is 18.3. The summed E-state index contributed by atoms with van der Waals surface area (Å²) in [7, 11) is 1.40. The van der Waals surface area contributed by atoms with Crippen molar-refractivity contribution >= 4 is 0 Å². The Morgan fingerprint density at radius 1 is 1.50 bits per heavy atom. The molecule has 1 aromatic carbocycles. The molecule has 0 radical (unpaired) electrons. The van der Waals surface area contributed by atoms with Crippen LogP contribution in [0.3, 0.4) is 0 Å². The van der Waals surface area contributed by atoms with Gasteiger partial charge < -0.3 is 10.5 Å². The van der Waals surface area contributed by atoms with Crippen LogP contribution in [0.2, 0.25) is 0 Å². The van der Waals surface area contributed by atoms with E-state index in [1.165, 1.54) is 19.2 Å². The van der Waals surface area contributed by atoms with Crippen LogP contribution in [0.5, 0.6) is 5.75 Å². The number of ether oxygens (including phenoxy) is 1. The van der Waals surface area contributed by atoms with E-state index in [1.807, 2.05) is 0 Å². The molecule has 2 N–H and O–H groups in total. The van der Waals surface area contributed by atoms with Crippen LogP contribution in [0.25, 0.3) is 0 Å². The number of benzene rings is 1. The number of methoxy groups -OCH3 is 1. The van der Waals surface area contributed by atoms with Crippen LogP contribution in [0.4, 0.5) is 4.39 Å². The highest BCUT2D eigenvalue weighted by atomic mass is 19.1. The predicted molar refractivity (Wildman–Crippen MR) is 59.3 cm³/mol. The Morgan fingerprint density at radius 2 is 2.12 bits per heavy atom. The maximum absolute atomic E-state index is 13.4. The second kappa shape index (κ2) is 4.50. The van der Waals surface area contributed by atoms with Gasteiger partial charge in [-0.1, -0.05) is 6.07 Å². The van der Waals surface area contributed by atoms with Gasteiger partial charge >= 0.3 is 0 Å². The summed E-state index contributed by atoms with van der Waals surface area (Å²) in [6.07, 6.45) is 0. The second-order valence-electron chi connectivity index (χ2n) is 4.21. The van der Waals surface area contributed by atoms with E-state index in [0.29, 0.717) is 5.56 Å². The minimum atomic E-state index is -0.735. The lowest BCUT2D eigenvalue weighted by Crippen LogP contribution is -2.27. The second-order valence-corrected chi connectivity index (χ2v) is 4.21. The number of hydrogen-bond acceptors (Lipinski definition) is 3. The Labute approximate surface area is 94.6 Å². The molecule has 0 saturated carbocycles. The van der Waals surface area contributed by atoms with Crippen LogP contribution in [-0.4, -0.2) is 7.11 Å². The highest BCUT2D eigenvalue weighted by molar-refractivity contribution is 5.32. The Bertz CT molecular complexity index is 424. The largest absolute Gasteiger partial charge is 0.494 e. The minimum Gasteiger partial charge on any atom is -0.494 e. The van der Waals surface area contributed by atoms with Crippen LogP contribution in [-0.2, 0) is 0 Å². The molecule has 0 heterocycles. The van der Waals surface area contributed by atoms with Crippen LogP contribution in [0, 0.1) is 22.6 Å². The van der Waals surface area contributed by atoms with Crippen molar-refractivity contribution in [1.82, 2.24) is 0 Å². The van der Waals surface area contributed by atoms with E-state index >= 15 is 0 Å². The molecule has 1 unspecified atom stereocenters. The van der Waals surface area contributed by atoms with Gasteiger partial charge in [-0.15, -0.1) is 0 Å². The van der Waals surface area contributed by atoms with Gasteiger partial charge in [0.25, 0.3) is 0 Å². The fraction of sp³-hybridized carbons (Fsp3) is 0.417. The number of nitrogens with zero attached hydrogens (tertiary/aromatic N) is 1. The third-order valence-electron chi connectivity index (χ3n) is 2.60. The number of rotatable bonds is 3. The number of nitrogens with two attached hydrogens (primary N) is 1. The molecule has 1 atom stereocenters. The first-order valence-electron chi connectivity index (χ1n) is 4.92. The van der Waals surface area contributed by atoms with Gasteiger partial charge in [-0.3, -0.25) is 0 Å². The zero-order valence-electron chi connectivity index (χ0n) is 9.62. The average Bonchev–Trinajstić information content (AvgIpc) is 2.27. The lowest BCUT2D eigenvalue weighted by atomic mass is 9.82. The molecular formula is C12H15FN2O.